The maximum atomic E-state index is 13.1. The summed E-state index contributed by atoms with van der Waals surface area (Å²) in [6.45, 7) is 4.62. The maximum Gasteiger partial charge on any atom is 0.254 e. The summed E-state index contributed by atoms with van der Waals surface area (Å²) in [6.07, 6.45) is 7.64. The van der Waals surface area contributed by atoms with Crippen LogP contribution >= 0.6 is 0 Å². The van der Waals surface area contributed by atoms with Crippen LogP contribution in [0.3, 0.4) is 0 Å². The molecule has 5 aromatic rings. The number of fused-ring (bicyclic) bond motifs is 4. The molecular formula is C30H29N7O3. The van der Waals surface area contributed by atoms with Gasteiger partial charge in [0.2, 0.25) is 0 Å². The van der Waals surface area contributed by atoms with E-state index in [0.29, 0.717) is 12.1 Å². The molecule has 0 aliphatic carbocycles. The molecule has 10 nitrogen and oxygen atoms in total. The Morgan fingerprint density at radius 3 is 2.85 bits per heavy atom. The predicted octanol–water partition coefficient (Wildman–Crippen LogP) is 4.39. The van der Waals surface area contributed by atoms with Crippen molar-refractivity contribution >= 4 is 39.6 Å². The molecule has 10 heteroatoms. The van der Waals surface area contributed by atoms with E-state index in [4.69, 9.17) is 14.1 Å². The second-order valence-corrected chi connectivity index (χ2v) is 10.5. The second kappa shape index (κ2) is 9.35. The van der Waals surface area contributed by atoms with Crippen molar-refractivity contribution in [3.8, 4) is 11.1 Å². The number of furan rings is 1. The van der Waals surface area contributed by atoms with Crippen molar-refractivity contribution in [3.63, 3.8) is 0 Å². The van der Waals surface area contributed by atoms with Crippen molar-refractivity contribution in [2.24, 2.45) is 0 Å². The third-order valence-corrected chi connectivity index (χ3v) is 8.28. The van der Waals surface area contributed by atoms with E-state index in [2.05, 4.69) is 38.1 Å². The number of hydrogen-bond donors (Lipinski definition) is 3. The van der Waals surface area contributed by atoms with E-state index in [1.807, 2.05) is 41.2 Å². The van der Waals surface area contributed by atoms with E-state index in [1.165, 1.54) is 0 Å². The third-order valence-electron chi connectivity index (χ3n) is 8.28. The number of pyridine rings is 2. The molecule has 40 heavy (non-hydrogen) atoms. The summed E-state index contributed by atoms with van der Waals surface area (Å²) in [5, 5.41) is 15.7. The smallest absolute Gasteiger partial charge is 0.254 e. The molecule has 2 saturated heterocycles. The van der Waals surface area contributed by atoms with Crippen LogP contribution in [0.2, 0.25) is 0 Å². The lowest BCUT2D eigenvalue weighted by Crippen LogP contribution is -2.37. The van der Waals surface area contributed by atoms with Gasteiger partial charge >= 0.3 is 0 Å². The number of nitrogens with one attached hydrogen (secondary N) is 3. The van der Waals surface area contributed by atoms with Crippen LogP contribution in [-0.2, 0) is 11.3 Å². The molecule has 3 aliphatic rings. The van der Waals surface area contributed by atoms with Gasteiger partial charge in [0.05, 0.1) is 59.9 Å². The van der Waals surface area contributed by atoms with Crippen molar-refractivity contribution in [1.82, 2.24) is 25.2 Å². The van der Waals surface area contributed by atoms with Crippen molar-refractivity contribution < 1.29 is 13.9 Å². The number of carbonyl (C=O) groups is 1. The fourth-order valence-electron chi connectivity index (χ4n) is 6.35. The Labute approximate surface area is 230 Å². The zero-order valence-electron chi connectivity index (χ0n) is 21.9. The number of rotatable bonds is 5. The number of amides is 1. The minimum Gasteiger partial charge on any atom is -0.464 e. The lowest BCUT2D eigenvalue weighted by atomic mass is 9.95. The number of anilines is 3. The minimum atomic E-state index is -0.0908. The van der Waals surface area contributed by atoms with Crippen LogP contribution in [0.15, 0.2) is 59.5 Å². The van der Waals surface area contributed by atoms with Crippen LogP contribution in [0, 0.1) is 0 Å². The molecule has 0 radical (unpaired) electrons. The first-order valence-electron chi connectivity index (χ1n) is 13.9. The van der Waals surface area contributed by atoms with Crippen molar-refractivity contribution in [3.05, 3.63) is 71.9 Å². The van der Waals surface area contributed by atoms with Crippen LogP contribution in [0.1, 0.15) is 40.5 Å². The molecule has 7 heterocycles. The van der Waals surface area contributed by atoms with Crippen LogP contribution in [0.4, 0.5) is 17.2 Å². The number of ether oxygens (including phenoxy) is 1. The molecule has 3 N–H and O–H groups in total. The Hall–Kier alpha value is -4.41. The van der Waals surface area contributed by atoms with Gasteiger partial charge in [-0.1, -0.05) is 6.07 Å². The van der Waals surface area contributed by atoms with Crippen LogP contribution in [0.5, 0.6) is 0 Å². The summed E-state index contributed by atoms with van der Waals surface area (Å²) < 4.78 is 13.1. The molecule has 2 fully saturated rings. The molecule has 202 valence electrons. The highest BCUT2D eigenvalue weighted by Crippen LogP contribution is 2.39. The molecule has 0 saturated carbocycles. The van der Waals surface area contributed by atoms with Gasteiger partial charge in [-0.25, -0.2) is 9.50 Å². The standard InChI is InChI=1S/C30H29N7O3/c38-30-27-20(16-32-30)18(21-17-33-37-10-7-25-19(29(21)37)8-13-40-25)3-4-22(27)34-26-6-5-24(36-11-14-39-15-12-36)28(35-26)23-2-1-9-31-23/h3-8,10,13,17,23,31H,1-2,9,11-12,14-16H2,(H,32,38)(H,34,35). The second-order valence-electron chi connectivity index (χ2n) is 10.5. The lowest BCUT2D eigenvalue weighted by Gasteiger charge is -2.31. The molecule has 1 aromatic carbocycles. The normalized spacial score (nSPS) is 18.9. The monoisotopic (exact) mass is 535 g/mol. The Bertz CT molecular complexity index is 1760. The highest BCUT2D eigenvalue weighted by molar-refractivity contribution is 6.08. The zero-order chi connectivity index (χ0) is 26.6. The SMILES string of the molecule is O=C1NCc2c(-c3cnn4ccc5occc5c34)ccc(Nc3ccc(N4CCOCC4)c(C4CCCN4)n3)c21. The Kier molecular flexibility index (Phi) is 5.49. The van der Waals surface area contributed by atoms with Crippen molar-refractivity contribution in [2.45, 2.75) is 25.4 Å². The van der Waals surface area contributed by atoms with Crippen LogP contribution in [-0.4, -0.2) is 53.4 Å². The number of aromatic nitrogens is 3. The molecule has 3 aliphatic heterocycles. The van der Waals surface area contributed by atoms with Crippen molar-refractivity contribution in [1.29, 1.82) is 0 Å². The zero-order valence-corrected chi connectivity index (χ0v) is 21.9. The average Bonchev–Trinajstić information content (AvgIpc) is 3.80. The fraction of sp³-hybridized carbons (Fsp3) is 0.300. The van der Waals surface area contributed by atoms with Crippen LogP contribution in [0.25, 0.3) is 27.6 Å². The maximum absolute atomic E-state index is 13.1. The number of hydrogen-bond acceptors (Lipinski definition) is 8. The largest absolute Gasteiger partial charge is 0.464 e. The van der Waals surface area contributed by atoms with Gasteiger partial charge in [0.25, 0.3) is 5.91 Å². The third kappa shape index (κ3) is 3.75. The Morgan fingerprint density at radius 2 is 1.98 bits per heavy atom. The van der Waals surface area contributed by atoms with Gasteiger partial charge in [-0.05, 0) is 60.8 Å². The predicted molar refractivity (Wildman–Crippen MR) is 152 cm³/mol. The van der Waals surface area contributed by atoms with E-state index in [-0.39, 0.29) is 11.9 Å². The van der Waals surface area contributed by atoms with Gasteiger partial charge in [0.15, 0.2) is 0 Å². The molecule has 1 atom stereocenters. The number of nitrogens with zero attached hydrogens (tertiary/aromatic N) is 4. The average molecular weight is 536 g/mol. The molecule has 1 amide bonds. The summed E-state index contributed by atoms with van der Waals surface area (Å²) in [5.41, 5.74) is 8.27. The number of carbonyl (C=O) groups excluding carboxylic acids is 1. The fourth-order valence-corrected chi connectivity index (χ4v) is 6.35. The van der Waals surface area contributed by atoms with Gasteiger partial charge in [0, 0.05) is 36.8 Å². The highest BCUT2D eigenvalue weighted by atomic mass is 16.5. The quantitative estimate of drug-likeness (QED) is 0.304. The molecule has 0 spiro atoms. The topological polar surface area (TPSA) is 109 Å². The van der Waals surface area contributed by atoms with Gasteiger partial charge in [0.1, 0.15) is 11.4 Å². The van der Waals surface area contributed by atoms with Crippen LogP contribution < -0.4 is 20.9 Å². The van der Waals surface area contributed by atoms with Gasteiger partial charge in [-0.3, -0.25) is 4.79 Å². The summed E-state index contributed by atoms with van der Waals surface area (Å²) in [5.74, 6) is 0.637. The highest BCUT2D eigenvalue weighted by Gasteiger charge is 2.29. The minimum absolute atomic E-state index is 0.0908. The summed E-state index contributed by atoms with van der Waals surface area (Å²) in [7, 11) is 0. The van der Waals surface area contributed by atoms with E-state index in [9.17, 15) is 4.79 Å². The van der Waals surface area contributed by atoms with E-state index in [0.717, 1.165) is 102 Å². The first-order valence-corrected chi connectivity index (χ1v) is 13.9. The molecule has 8 rings (SSSR count). The van der Waals surface area contributed by atoms with E-state index in [1.54, 1.807) is 6.26 Å². The Morgan fingerprint density at radius 1 is 1.05 bits per heavy atom. The van der Waals surface area contributed by atoms with Crippen molar-refractivity contribution in [2.75, 3.05) is 43.1 Å². The summed E-state index contributed by atoms with van der Waals surface area (Å²) >= 11 is 0. The first kappa shape index (κ1) is 23.5. The van der Waals surface area contributed by atoms with Gasteiger partial charge in [-0.2, -0.15) is 5.10 Å². The van der Waals surface area contributed by atoms with Gasteiger partial charge < -0.3 is 30.0 Å². The molecular weight excluding hydrogens is 506 g/mol. The summed E-state index contributed by atoms with van der Waals surface area (Å²) in [4.78, 5) is 20.6. The van der Waals surface area contributed by atoms with Gasteiger partial charge in [-0.15, -0.1) is 0 Å². The molecule has 0 bridgehead atoms. The Balaban J connectivity index is 1.19. The number of benzene rings is 1. The van der Waals surface area contributed by atoms with E-state index >= 15 is 0 Å². The molecule has 4 aromatic heterocycles. The summed E-state index contributed by atoms with van der Waals surface area (Å²) in [6, 6.07) is 12.3. The van der Waals surface area contributed by atoms with E-state index < -0.39 is 0 Å². The number of morpholine rings is 1. The first-order chi connectivity index (χ1) is 19.7. The lowest BCUT2D eigenvalue weighted by molar-refractivity contribution is 0.0966. The molecule has 1 unspecified atom stereocenters.